The van der Waals surface area contributed by atoms with Crippen molar-refractivity contribution >= 4 is 28.5 Å². The molecule has 0 fully saturated rings. The standard InChI is InChI=1S/C14H11FINO/c15-13-4-2-1-3-11(13)9-17-14(18)10-5-7-12(16)8-6-10/h1-8H,9H2,(H,17,18). The Morgan fingerprint density at radius 3 is 2.44 bits per heavy atom. The molecule has 0 aliphatic rings. The van der Waals surface area contributed by atoms with Crippen molar-refractivity contribution < 1.29 is 9.18 Å². The number of rotatable bonds is 3. The largest absolute Gasteiger partial charge is 0.348 e. The minimum Gasteiger partial charge on any atom is -0.348 e. The average Bonchev–Trinajstić information content (AvgIpc) is 2.38. The molecule has 2 rings (SSSR count). The van der Waals surface area contributed by atoms with Crippen molar-refractivity contribution in [1.82, 2.24) is 5.32 Å². The summed E-state index contributed by atoms with van der Waals surface area (Å²) < 4.78 is 14.4. The first kappa shape index (κ1) is 13.0. The van der Waals surface area contributed by atoms with E-state index in [1.54, 1.807) is 30.3 Å². The first-order valence-corrected chi connectivity index (χ1v) is 6.52. The van der Waals surface area contributed by atoms with E-state index in [0.717, 1.165) is 3.57 Å². The number of nitrogens with one attached hydrogen (secondary N) is 1. The fourth-order valence-corrected chi connectivity index (χ4v) is 1.88. The average molecular weight is 355 g/mol. The third kappa shape index (κ3) is 3.29. The fraction of sp³-hybridized carbons (Fsp3) is 0.0714. The predicted octanol–water partition coefficient (Wildman–Crippen LogP) is 3.36. The Hall–Kier alpha value is -1.43. The molecular weight excluding hydrogens is 344 g/mol. The minimum atomic E-state index is -0.305. The second-order valence-electron chi connectivity index (χ2n) is 3.78. The van der Waals surface area contributed by atoms with Crippen LogP contribution in [0.1, 0.15) is 15.9 Å². The van der Waals surface area contributed by atoms with Crippen molar-refractivity contribution in [1.29, 1.82) is 0 Å². The Morgan fingerprint density at radius 2 is 1.78 bits per heavy atom. The van der Waals surface area contributed by atoms with E-state index in [1.165, 1.54) is 6.07 Å². The SMILES string of the molecule is O=C(NCc1ccccc1F)c1ccc(I)cc1. The van der Waals surface area contributed by atoms with Gasteiger partial charge in [0.1, 0.15) is 5.82 Å². The van der Waals surface area contributed by atoms with Crippen molar-refractivity contribution in [3.8, 4) is 0 Å². The molecule has 4 heteroatoms. The molecule has 1 amide bonds. The predicted molar refractivity (Wildman–Crippen MR) is 76.7 cm³/mol. The summed E-state index contributed by atoms with van der Waals surface area (Å²) >= 11 is 2.17. The number of hydrogen-bond acceptors (Lipinski definition) is 1. The maximum Gasteiger partial charge on any atom is 0.251 e. The van der Waals surface area contributed by atoms with E-state index in [4.69, 9.17) is 0 Å². The molecule has 18 heavy (non-hydrogen) atoms. The lowest BCUT2D eigenvalue weighted by molar-refractivity contribution is 0.0950. The lowest BCUT2D eigenvalue weighted by Gasteiger charge is -2.06. The van der Waals surface area contributed by atoms with E-state index >= 15 is 0 Å². The number of carbonyl (C=O) groups is 1. The van der Waals surface area contributed by atoms with Crippen molar-refractivity contribution in [2.45, 2.75) is 6.54 Å². The van der Waals surface area contributed by atoms with Gasteiger partial charge in [-0.25, -0.2) is 4.39 Å². The maximum absolute atomic E-state index is 13.3. The second kappa shape index (κ2) is 5.95. The van der Waals surface area contributed by atoms with Gasteiger partial charge < -0.3 is 5.32 Å². The molecule has 0 heterocycles. The molecule has 2 aromatic carbocycles. The fourth-order valence-electron chi connectivity index (χ4n) is 1.52. The van der Waals surface area contributed by atoms with Crippen LogP contribution >= 0.6 is 22.6 Å². The highest BCUT2D eigenvalue weighted by Gasteiger charge is 2.06. The first-order chi connectivity index (χ1) is 8.66. The van der Waals surface area contributed by atoms with Crippen LogP contribution < -0.4 is 5.32 Å². The molecule has 0 atom stereocenters. The summed E-state index contributed by atoms with van der Waals surface area (Å²) in [5, 5.41) is 2.69. The second-order valence-corrected chi connectivity index (χ2v) is 5.03. The summed E-state index contributed by atoms with van der Waals surface area (Å²) in [6.07, 6.45) is 0. The zero-order valence-corrected chi connectivity index (χ0v) is 11.6. The Kier molecular flexibility index (Phi) is 4.30. The van der Waals surface area contributed by atoms with Crippen LogP contribution in [0.2, 0.25) is 0 Å². The zero-order valence-electron chi connectivity index (χ0n) is 9.49. The van der Waals surface area contributed by atoms with E-state index in [2.05, 4.69) is 27.9 Å². The Labute approximate surface area is 118 Å². The van der Waals surface area contributed by atoms with E-state index < -0.39 is 0 Å². The van der Waals surface area contributed by atoms with Gasteiger partial charge in [-0.3, -0.25) is 4.79 Å². The lowest BCUT2D eigenvalue weighted by Crippen LogP contribution is -2.23. The number of amides is 1. The summed E-state index contributed by atoms with van der Waals surface area (Å²) in [6, 6.07) is 13.6. The Balaban J connectivity index is 2.01. The van der Waals surface area contributed by atoms with Gasteiger partial charge in [0.15, 0.2) is 0 Å². The number of halogens is 2. The smallest absolute Gasteiger partial charge is 0.251 e. The van der Waals surface area contributed by atoms with Crippen LogP contribution in [0.5, 0.6) is 0 Å². The molecular formula is C14H11FINO. The molecule has 0 aliphatic carbocycles. The van der Waals surface area contributed by atoms with Crippen LogP contribution in [-0.4, -0.2) is 5.91 Å². The maximum atomic E-state index is 13.3. The van der Waals surface area contributed by atoms with Crippen LogP contribution in [0.25, 0.3) is 0 Å². The van der Waals surface area contributed by atoms with Crippen LogP contribution in [0.3, 0.4) is 0 Å². The van der Waals surface area contributed by atoms with Crippen LogP contribution in [0.15, 0.2) is 48.5 Å². The summed E-state index contributed by atoms with van der Waals surface area (Å²) in [4.78, 5) is 11.8. The van der Waals surface area contributed by atoms with Crippen molar-refractivity contribution in [3.63, 3.8) is 0 Å². The summed E-state index contributed by atoms with van der Waals surface area (Å²) in [6.45, 7) is 0.192. The van der Waals surface area contributed by atoms with Gasteiger partial charge in [-0.15, -0.1) is 0 Å². The molecule has 0 bridgehead atoms. The molecule has 0 spiro atoms. The van der Waals surface area contributed by atoms with Gasteiger partial charge in [0.25, 0.3) is 5.91 Å². The molecule has 0 saturated carbocycles. The molecule has 0 unspecified atom stereocenters. The third-order valence-corrected chi connectivity index (χ3v) is 3.22. The van der Waals surface area contributed by atoms with E-state index in [1.807, 2.05) is 12.1 Å². The highest BCUT2D eigenvalue weighted by Crippen LogP contribution is 2.08. The molecule has 0 aromatic heterocycles. The summed E-state index contributed by atoms with van der Waals surface area (Å²) in [5.74, 6) is -0.505. The van der Waals surface area contributed by atoms with Crippen LogP contribution in [0, 0.1) is 9.39 Å². The molecule has 0 radical (unpaired) electrons. The number of carbonyl (C=O) groups excluding carboxylic acids is 1. The summed E-state index contributed by atoms with van der Waals surface area (Å²) in [7, 11) is 0. The van der Waals surface area contributed by atoms with Gasteiger partial charge in [0, 0.05) is 21.2 Å². The van der Waals surface area contributed by atoms with Crippen molar-refractivity contribution in [2.24, 2.45) is 0 Å². The number of hydrogen-bond donors (Lipinski definition) is 1. The van der Waals surface area contributed by atoms with Gasteiger partial charge in [-0.05, 0) is 52.9 Å². The normalized spacial score (nSPS) is 10.1. The highest BCUT2D eigenvalue weighted by atomic mass is 127. The topological polar surface area (TPSA) is 29.1 Å². The lowest BCUT2D eigenvalue weighted by atomic mass is 10.2. The summed E-state index contributed by atoms with van der Waals surface area (Å²) in [5.41, 5.74) is 1.06. The van der Waals surface area contributed by atoms with Gasteiger partial charge in [-0.2, -0.15) is 0 Å². The van der Waals surface area contributed by atoms with E-state index in [-0.39, 0.29) is 18.3 Å². The zero-order chi connectivity index (χ0) is 13.0. The molecule has 92 valence electrons. The van der Waals surface area contributed by atoms with Gasteiger partial charge in [0.2, 0.25) is 0 Å². The highest BCUT2D eigenvalue weighted by molar-refractivity contribution is 14.1. The van der Waals surface area contributed by atoms with Crippen LogP contribution in [-0.2, 0) is 6.54 Å². The van der Waals surface area contributed by atoms with Crippen molar-refractivity contribution in [3.05, 3.63) is 69.0 Å². The monoisotopic (exact) mass is 355 g/mol. The molecule has 0 aliphatic heterocycles. The first-order valence-electron chi connectivity index (χ1n) is 5.44. The van der Waals surface area contributed by atoms with Crippen molar-refractivity contribution in [2.75, 3.05) is 0 Å². The van der Waals surface area contributed by atoms with E-state index in [9.17, 15) is 9.18 Å². The Bertz CT molecular complexity index is 554. The minimum absolute atomic E-state index is 0.192. The Morgan fingerprint density at radius 1 is 1.11 bits per heavy atom. The molecule has 1 N–H and O–H groups in total. The quantitative estimate of drug-likeness (QED) is 0.841. The van der Waals surface area contributed by atoms with Crippen LogP contribution in [0.4, 0.5) is 4.39 Å². The molecule has 2 nitrogen and oxygen atoms in total. The molecule has 0 saturated heterocycles. The number of benzene rings is 2. The van der Waals surface area contributed by atoms with Gasteiger partial charge in [-0.1, -0.05) is 18.2 Å². The third-order valence-electron chi connectivity index (χ3n) is 2.50. The molecule has 2 aromatic rings. The van der Waals surface area contributed by atoms with Gasteiger partial charge in [0.05, 0.1) is 0 Å². The van der Waals surface area contributed by atoms with Gasteiger partial charge >= 0.3 is 0 Å². The van der Waals surface area contributed by atoms with E-state index in [0.29, 0.717) is 11.1 Å².